The van der Waals surface area contributed by atoms with E-state index in [1.54, 1.807) is 21.5 Å². The third-order valence-electron chi connectivity index (χ3n) is 2.99. The lowest BCUT2D eigenvalue weighted by molar-refractivity contribution is 0.455. The summed E-state index contributed by atoms with van der Waals surface area (Å²) in [6.07, 6.45) is 6.31. The van der Waals surface area contributed by atoms with Crippen LogP contribution >= 0.6 is 0 Å². The van der Waals surface area contributed by atoms with Crippen LogP contribution in [0.3, 0.4) is 0 Å². The topological polar surface area (TPSA) is 46.6 Å². The molecule has 0 aliphatic rings. The second kappa shape index (κ2) is 5.08. The maximum absolute atomic E-state index is 11.8. The van der Waals surface area contributed by atoms with Crippen molar-refractivity contribution in [2.45, 2.75) is 39.2 Å². The summed E-state index contributed by atoms with van der Waals surface area (Å²) in [7, 11) is 0. The molecular weight excluding hydrogens is 216 g/mol. The molecule has 0 bridgehead atoms. The Labute approximate surface area is 100 Å². The molecule has 0 atom stereocenters. The summed E-state index contributed by atoms with van der Waals surface area (Å²) < 4.78 is 3.40. The van der Waals surface area contributed by atoms with Gasteiger partial charge >= 0.3 is 0 Å². The van der Waals surface area contributed by atoms with Crippen molar-refractivity contribution < 1.29 is 5.11 Å². The highest BCUT2D eigenvalue weighted by Crippen LogP contribution is 2.15. The van der Waals surface area contributed by atoms with Crippen molar-refractivity contribution in [1.82, 2.24) is 9.20 Å². The van der Waals surface area contributed by atoms with Gasteiger partial charge in [0.05, 0.1) is 0 Å². The van der Waals surface area contributed by atoms with Crippen molar-refractivity contribution in [3.63, 3.8) is 0 Å². The zero-order valence-electron chi connectivity index (χ0n) is 10.1. The van der Waals surface area contributed by atoms with Crippen LogP contribution in [0.2, 0.25) is 0 Å². The molecule has 0 saturated heterocycles. The van der Waals surface area contributed by atoms with Gasteiger partial charge in [0.1, 0.15) is 11.3 Å². The molecule has 0 unspecified atom stereocenters. The molecule has 0 saturated carbocycles. The second-order valence-corrected chi connectivity index (χ2v) is 4.29. The number of nitrogens with zero attached hydrogens (tertiary/aromatic N) is 2. The van der Waals surface area contributed by atoms with Gasteiger partial charge in [-0.3, -0.25) is 9.31 Å². The lowest BCUT2D eigenvalue weighted by Gasteiger charge is -2.10. The van der Waals surface area contributed by atoms with Gasteiger partial charge in [-0.05, 0) is 18.6 Å². The first-order valence-corrected chi connectivity index (χ1v) is 6.14. The monoisotopic (exact) mass is 234 g/mol. The molecule has 0 aromatic carbocycles. The predicted octanol–water partition coefficient (Wildman–Crippen LogP) is 2.39. The van der Waals surface area contributed by atoms with Gasteiger partial charge in [-0.25, -0.2) is 4.68 Å². The minimum Gasteiger partial charge on any atom is -0.505 e. The van der Waals surface area contributed by atoms with Crippen molar-refractivity contribution in [2.75, 3.05) is 0 Å². The van der Waals surface area contributed by atoms with Crippen LogP contribution in [-0.2, 0) is 6.54 Å². The lowest BCUT2D eigenvalue weighted by Crippen LogP contribution is -2.24. The van der Waals surface area contributed by atoms with E-state index < -0.39 is 0 Å². The Bertz CT molecular complexity index is 554. The van der Waals surface area contributed by atoms with E-state index in [0.29, 0.717) is 12.1 Å². The molecule has 0 aliphatic carbocycles. The molecule has 2 aromatic rings. The molecular formula is C13H18N2O2. The number of fused-ring (bicyclic) bond motifs is 1. The number of aromatic nitrogens is 2. The van der Waals surface area contributed by atoms with E-state index in [2.05, 4.69) is 6.92 Å². The van der Waals surface area contributed by atoms with Crippen molar-refractivity contribution in [3.8, 4) is 5.75 Å². The van der Waals surface area contributed by atoms with E-state index >= 15 is 0 Å². The lowest BCUT2D eigenvalue weighted by atomic mass is 10.2. The van der Waals surface area contributed by atoms with Crippen LogP contribution in [0.1, 0.15) is 32.6 Å². The normalized spacial score (nSPS) is 11.1. The molecule has 0 aliphatic heterocycles. The number of aromatic hydroxyl groups is 1. The number of unbranched alkanes of at least 4 members (excludes halogenated alkanes) is 3. The third kappa shape index (κ3) is 2.35. The second-order valence-electron chi connectivity index (χ2n) is 4.29. The van der Waals surface area contributed by atoms with Gasteiger partial charge in [-0.15, -0.1) is 0 Å². The molecule has 92 valence electrons. The zero-order valence-corrected chi connectivity index (χ0v) is 10.1. The maximum Gasteiger partial charge on any atom is 0.269 e. The van der Waals surface area contributed by atoms with Gasteiger partial charge in [0.15, 0.2) is 0 Å². The van der Waals surface area contributed by atoms with Gasteiger partial charge in [-0.1, -0.05) is 26.2 Å². The molecule has 2 heterocycles. The fraction of sp³-hybridized carbons (Fsp3) is 0.462. The van der Waals surface area contributed by atoms with Crippen molar-refractivity contribution in [1.29, 1.82) is 0 Å². The van der Waals surface area contributed by atoms with Gasteiger partial charge in [0, 0.05) is 18.8 Å². The molecule has 4 heteroatoms. The first kappa shape index (κ1) is 11.8. The summed E-state index contributed by atoms with van der Waals surface area (Å²) in [6, 6.07) is 4.92. The Morgan fingerprint density at radius 1 is 1.29 bits per heavy atom. The summed E-state index contributed by atoms with van der Waals surface area (Å²) in [5, 5.41) is 9.64. The van der Waals surface area contributed by atoms with E-state index in [0.717, 1.165) is 12.8 Å². The van der Waals surface area contributed by atoms with Gasteiger partial charge in [-0.2, -0.15) is 0 Å². The molecule has 2 rings (SSSR count). The molecule has 1 N–H and O–H groups in total. The predicted molar refractivity (Wildman–Crippen MR) is 67.5 cm³/mol. The Kier molecular flexibility index (Phi) is 3.52. The quantitative estimate of drug-likeness (QED) is 0.807. The average molecular weight is 234 g/mol. The summed E-state index contributed by atoms with van der Waals surface area (Å²) in [5.74, 6) is 0.0461. The van der Waals surface area contributed by atoms with Crippen molar-refractivity contribution in [3.05, 3.63) is 34.7 Å². The highest BCUT2D eigenvalue weighted by Gasteiger charge is 2.06. The van der Waals surface area contributed by atoms with Crippen molar-refractivity contribution >= 4 is 5.52 Å². The summed E-state index contributed by atoms with van der Waals surface area (Å²) in [4.78, 5) is 11.8. The van der Waals surface area contributed by atoms with Crippen LogP contribution < -0.4 is 5.56 Å². The molecule has 0 amide bonds. The number of hydrogen-bond donors (Lipinski definition) is 1. The van der Waals surface area contributed by atoms with Crippen LogP contribution in [0, 0.1) is 0 Å². The molecule has 4 nitrogen and oxygen atoms in total. The molecule has 2 aromatic heterocycles. The van der Waals surface area contributed by atoms with Crippen LogP contribution in [0.4, 0.5) is 0 Å². The van der Waals surface area contributed by atoms with Crippen LogP contribution in [-0.4, -0.2) is 14.3 Å². The van der Waals surface area contributed by atoms with Crippen LogP contribution in [0.25, 0.3) is 5.52 Å². The Morgan fingerprint density at radius 3 is 2.88 bits per heavy atom. The van der Waals surface area contributed by atoms with Crippen molar-refractivity contribution in [2.24, 2.45) is 0 Å². The summed E-state index contributed by atoms with van der Waals surface area (Å²) >= 11 is 0. The largest absolute Gasteiger partial charge is 0.505 e. The Hall–Kier alpha value is -1.71. The average Bonchev–Trinajstić information content (AvgIpc) is 2.77. The van der Waals surface area contributed by atoms with E-state index in [1.807, 2.05) is 6.07 Å². The van der Waals surface area contributed by atoms with Gasteiger partial charge in [0.2, 0.25) is 0 Å². The van der Waals surface area contributed by atoms with Crippen LogP contribution in [0.5, 0.6) is 5.75 Å². The highest BCUT2D eigenvalue weighted by molar-refractivity contribution is 5.58. The number of aryl methyl sites for hydroxylation is 1. The number of hydrogen-bond acceptors (Lipinski definition) is 2. The van der Waals surface area contributed by atoms with Gasteiger partial charge in [0.25, 0.3) is 5.56 Å². The molecule has 0 fully saturated rings. The fourth-order valence-corrected chi connectivity index (χ4v) is 2.06. The van der Waals surface area contributed by atoms with E-state index in [1.165, 1.54) is 18.9 Å². The first-order valence-electron chi connectivity index (χ1n) is 6.14. The molecule has 0 spiro atoms. The van der Waals surface area contributed by atoms with E-state index in [-0.39, 0.29) is 11.3 Å². The zero-order chi connectivity index (χ0) is 12.3. The standard InChI is InChI=1S/C13H18N2O2/c1-2-3-4-5-8-15-13(17)10-12(16)11-7-6-9-14(11)15/h6-7,9-10,16H,2-5,8H2,1H3. The maximum atomic E-state index is 11.8. The minimum absolute atomic E-state index is 0.0461. The Morgan fingerprint density at radius 2 is 2.12 bits per heavy atom. The fourth-order valence-electron chi connectivity index (χ4n) is 2.06. The number of rotatable bonds is 5. The summed E-state index contributed by atoms with van der Waals surface area (Å²) in [6.45, 7) is 2.86. The van der Waals surface area contributed by atoms with Crippen LogP contribution in [0.15, 0.2) is 29.2 Å². The minimum atomic E-state index is -0.150. The molecule has 0 radical (unpaired) electrons. The third-order valence-corrected chi connectivity index (χ3v) is 2.99. The SMILES string of the molecule is CCCCCCn1c(=O)cc(O)c2cccn21. The van der Waals surface area contributed by atoms with E-state index in [4.69, 9.17) is 0 Å². The first-order chi connectivity index (χ1) is 8.24. The smallest absolute Gasteiger partial charge is 0.269 e. The molecule has 17 heavy (non-hydrogen) atoms. The summed E-state index contributed by atoms with van der Waals surface area (Å²) in [5.41, 5.74) is 0.530. The van der Waals surface area contributed by atoms with E-state index in [9.17, 15) is 9.90 Å². The van der Waals surface area contributed by atoms with Gasteiger partial charge < -0.3 is 5.11 Å². The Balaban J connectivity index is 2.27. The highest BCUT2D eigenvalue weighted by atomic mass is 16.3.